The molecule has 9 heteroatoms. The highest BCUT2D eigenvalue weighted by atomic mass is 32.1. The van der Waals surface area contributed by atoms with Gasteiger partial charge in [0.25, 0.3) is 11.8 Å². The first-order valence-electron chi connectivity index (χ1n) is 7.45. The molecule has 2 aliphatic heterocycles. The number of carbonyl (C=O) groups is 3. The molecule has 0 bridgehead atoms. The number of morpholine rings is 1. The number of aryl methyl sites for hydroxylation is 1. The molecular weight excluding hydrogens is 320 g/mol. The SMILES string of the molecule is Cc1cnc(NC(=O)N2CCC(N3C(=O)COCC3=O)CC2)s1. The second-order valence-corrected chi connectivity index (χ2v) is 6.81. The molecule has 0 aromatic carbocycles. The molecular formula is C14H18N4O4S. The standard InChI is InChI=1S/C14H18N4O4S/c1-9-6-15-13(23-9)16-14(21)17-4-2-10(3-5-17)18-11(19)7-22-8-12(18)20/h6,10H,2-5,7-8H2,1H3,(H,15,16,21). The van der Waals surface area contributed by atoms with Crippen molar-refractivity contribution in [2.75, 3.05) is 31.6 Å². The maximum Gasteiger partial charge on any atom is 0.323 e. The first kappa shape index (κ1) is 15.9. The van der Waals surface area contributed by atoms with E-state index in [-0.39, 0.29) is 37.1 Å². The Balaban J connectivity index is 1.54. The van der Waals surface area contributed by atoms with Crippen LogP contribution in [0.4, 0.5) is 9.93 Å². The van der Waals surface area contributed by atoms with E-state index in [1.807, 2.05) is 6.92 Å². The molecule has 0 radical (unpaired) electrons. The Morgan fingerprint density at radius 3 is 2.52 bits per heavy atom. The van der Waals surface area contributed by atoms with Crippen LogP contribution >= 0.6 is 11.3 Å². The van der Waals surface area contributed by atoms with Gasteiger partial charge in [-0.15, -0.1) is 11.3 Å². The molecule has 0 atom stereocenters. The molecule has 2 aliphatic rings. The van der Waals surface area contributed by atoms with Gasteiger partial charge in [0.1, 0.15) is 13.2 Å². The third kappa shape index (κ3) is 3.50. The summed E-state index contributed by atoms with van der Waals surface area (Å²) >= 11 is 1.42. The van der Waals surface area contributed by atoms with Crippen LogP contribution in [0.15, 0.2) is 6.20 Å². The largest absolute Gasteiger partial charge is 0.362 e. The molecule has 2 fully saturated rings. The van der Waals surface area contributed by atoms with Crippen LogP contribution in [-0.2, 0) is 14.3 Å². The van der Waals surface area contributed by atoms with Gasteiger partial charge in [-0.05, 0) is 19.8 Å². The summed E-state index contributed by atoms with van der Waals surface area (Å²) in [5.74, 6) is -0.579. The van der Waals surface area contributed by atoms with Crippen LogP contribution in [0.3, 0.4) is 0 Å². The lowest BCUT2D eigenvalue weighted by Gasteiger charge is -2.38. The average Bonchev–Trinajstić information content (AvgIpc) is 2.93. The molecule has 8 nitrogen and oxygen atoms in total. The second kappa shape index (κ2) is 6.63. The number of aromatic nitrogens is 1. The zero-order valence-corrected chi connectivity index (χ0v) is 13.6. The molecule has 124 valence electrons. The predicted octanol–water partition coefficient (Wildman–Crippen LogP) is 0.833. The molecule has 0 aliphatic carbocycles. The molecule has 3 heterocycles. The highest BCUT2D eigenvalue weighted by Crippen LogP contribution is 2.21. The summed E-state index contributed by atoms with van der Waals surface area (Å²) in [5.41, 5.74) is 0. The lowest BCUT2D eigenvalue weighted by atomic mass is 10.0. The fourth-order valence-electron chi connectivity index (χ4n) is 2.82. The number of hydrogen-bond donors (Lipinski definition) is 1. The predicted molar refractivity (Wildman–Crippen MR) is 83.1 cm³/mol. The maximum absolute atomic E-state index is 12.2. The molecule has 1 N–H and O–H groups in total. The third-order valence-corrected chi connectivity index (χ3v) is 4.77. The second-order valence-electron chi connectivity index (χ2n) is 5.57. The number of anilines is 1. The van der Waals surface area contributed by atoms with Crippen LogP contribution in [0.2, 0.25) is 0 Å². The molecule has 23 heavy (non-hydrogen) atoms. The first-order valence-corrected chi connectivity index (χ1v) is 8.27. The normalized spacial score (nSPS) is 20.0. The van der Waals surface area contributed by atoms with Crippen LogP contribution in [0.1, 0.15) is 17.7 Å². The Labute approximate surface area is 137 Å². The number of piperidine rings is 1. The van der Waals surface area contributed by atoms with E-state index in [4.69, 9.17) is 4.74 Å². The van der Waals surface area contributed by atoms with Crippen LogP contribution in [-0.4, -0.2) is 65.0 Å². The number of urea groups is 1. The van der Waals surface area contributed by atoms with Crippen molar-refractivity contribution < 1.29 is 19.1 Å². The van der Waals surface area contributed by atoms with Crippen molar-refractivity contribution in [2.24, 2.45) is 0 Å². The summed E-state index contributed by atoms with van der Waals surface area (Å²) in [7, 11) is 0. The number of imide groups is 1. The third-order valence-electron chi connectivity index (χ3n) is 3.94. The van der Waals surface area contributed by atoms with E-state index in [0.29, 0.717) is 31.1 Å². The van der Waals surface area contributed by atoms with E-state index in [1.54, 1.807) is 11.1 Å². The van der Waals surface area contributed by atoms with Gasteiger partial charge in [-0.1, -0.05) is 0 Å². The van der Waals surface area contributed by atoms with E-state index in [9.17, 15) is 14.4 Å². The summed E-state index contributed by atoms with van der Waals surface area (Å²) in [5, 5.41) is 3.35. The highest BCUT2D eigenvalue weighted by molar-refractivity contribution is 7.15. The quantitative estimate of drug-likeness (QED) is 0.807. The zero-order valence-electron chi connectivity index (χ0n) is 12.8. The van der Waals surface area contributed by atoms with Gasteiger partial charge in [-0.25, -0.2) is 9.78 Å². The Kier molecular flexibility index (Phi) is 4.58. The first-order chi connectivity index (χ1) is 11.0. The molecule has 1 aromatic rings. The fraction of sp³-hybridized carbons (Fsp3) is 0.571. The number of hydrogen-bond acceptors (Lipinski definition) is 6. The Bertz CT molecular complexity index is 608. The van der Waals surface area contributed by atoms with Gasteiger partial charge in [0, 0.05) is 30.2 Å². The van der Waals surface area contributed by atoms with Crippen molar-refractivity contribution >= 4 is 34.3 Å². The van der Waals surface area contributed by atoms with Gasteiger partial charge in [-0.2, -0.15) is 0 Å². The number of nitrogens with zero attached hydrogens (tertiary/aromatic N) is 3. The van der Waals surface area contributed by atoms with E-state index >= 15 is 0 Å². The molecule has 1 aromatic heterocycles. The molecule has 2 saturated heterocycles. The smallest absolute Gasteiger partial charge is 0.323 e. The number of rotatable bonds is 2. The lowest BCUT2D eigenvalue weighted by Crippen LogP contribution is -2.55. The van der Waals surface area contributed by atoms with Crippen LogP contribution in [0, 0.1) is 6.92 Å². The van der Waals surface area contributed by atoms with Crippen molar-refractivity contribution in [2.45, 2.75) is 25.8 Å². The van der Waals surface area contributed by atoms with E-state index in [0.717, 1.165) is 4.88 Å². The summed E-state index contributed by atoms with van der Waals surface area (Å²) in [6, 6.07) is -0.345. The van der Waals surface area contributed by atoms with Crippen molar-refractivity contribution in [1.29, 1.82) is 0 Å². The molecule has 0 unspecified atom stereocenters. The van der Waals surface area contributed by atoms with Gasteiger partial charge in [-0.3, -0.25) is 19.8 Å². The Morgan fingerprint density at radius 1 is 1.30 bits per heavy atom. The molecule has 0 spiro atoms. The van der Waals surface area contributed by atoms with E-state index < -0.39 is 0 Å². The average molecular weight is 338 g/mol. The van der Waals surface area contributed by atoms with Crippen LogP contribution in [0.5, 0.6) is 0 Å². The Morgan fingerprint density at radius 2 is 1.96 bits per heavy atom. The van der Waals surface area contributed by atoms with Crippen LogP contribution < -0.4 is 5.32 Å². The number of thiazole rings is 1. The topological polar surface area (TPSA) is 91.8 Å². The minimum absolute atomic E-state index is 0.0458. The summed E-state index contributed by atoms with van der Waals surface area (Å²) in [4.78, 5) is 44.0. The lowest BCUT2D eigenvalue weighted by molar-refractivity contribution is -0.162. The van der Waals surface area contributed by atoms with Crippen molar-refractivity contribution in [3.05, 3.63) is 11.1 Å². The Hall–Kier alpha value is -2.00. The van der Waals surface area contributed by atoms with Gasteiger partial charge < -0.3 is 9.64 Å². The highest BCUT2D eigenvalue weighted by Gasteiger charge is 2.35. The number of nitrogens with one attached hydrogen (secondary N) is 1. The fourth-order valence-corrected chi connectivity index (χ4v) is 3.48. The zero-order chi connectivity index (χ0) is 16.4. The van der Waals surface area contributed by atoms with Crippen molar-refractivity contribution in [3.63, 3.8) is 0 Å². The number of amides is 4. The number of carbonyl (C=O) groups excluding carboxylic acids is 3. The number of likely N-dealkylation sites (tertiary alicyclic amines) is 1. The van der Waals surface area contributed by atoms with Gasteiger partial charge in [0.05, 0.1) is 0 Å². The van der Waals surface area contributed by atoms with Crippen LogP contribution in [0.25, 0.3) is 0 Å². The summed E-state index contributed by atoms with van der Waals surface area (Å²) in [6.07, 6.45) is 2.88. The van der Waals surface area contributed by atoms with Gasteiger partial charge >= 0.3 is 6.03 Å². The number of ether oxygens (including phenoxy) is 1. The van der Waals surface area contributed by atoms with Gasteiger partial charge in [0.2, 0.25) is 0 Å². The van der Waals surface area contributed by atoms with Crippen molar-refractivity contribution in [3.8, 4) is 0 Å². The minimum atomic E-state index is -0.289. The van der Waals surface area contributed by atoms with Gasteiger partial charge in [0.15, 0.2) is 5.13 Å². The minimum Gasteiger partial charge on any atom is -0.362 e. The maximum atomic E-state index is 12.2. The summed E-state index contributed by atoms with van der Waals surface area (Å²) < 4.78 is 4.92. The van der Waals surface area contributed by atoms with E-state index in [1.165, 1.54) is 16.2 Å². The molecule has 3 rings (SSSR count). The summed E-state index contributed by atoms with van der Waals surface area (Å²) in [6.45, 7) is 2.83. The molecule has 4 amide bonds. The molecule has 0 saturated carbocycles. The van der Waals surface area contributed by atoms with E-state index in [2.05, 4.69) is 10.3 Å². The van der Waals surface area contributed by atoms with Crippen molar-refractivity contribution in [1.82, 2.24) is 14.8 Å². The monoisotopic (exact) mass is 338 g/mol.